The molecule has 0 aliphatic rings. The smallest absolute Gasteiger partial charge is 0.407 e. The van der Waals surface area contributed by atoms with Crippen molar-refractivity contribution in [3.8, 4) is 17.1 Å². The maximum Gasteiger partial charge on any atom is 0.407 e. The third-order valence-corrected chi connectivity index (χ3v) is 10.4. The maximum atomic E-state index is 14.5. The van der Waals surface area contributed by atoms with Crippen molar-refractivity contribution >= 4 is 17.9 Å². The van der Waals surface area contributed by atoms with Crippen LogP contribution in [0.4, 0.5) is 4.79 Å². The molecule has 0 radical (unpaired) electrons. The van der Waals surface area contributed by atoms with Crippen molar-refractivity contribution in [2.75, 3.05) is 13.7 Å². The highest BCUT2D eigenvalue weighted by Crippen LogP contribution is 2.25. The second kappa shape index (κ2) is 20.6. The van der Waals surface area contributed by atoms with E-state index in [1.807, 2.05) is 86.6 Å². The molecule has 15 nitrogen and oxygen atoms in total. The van der Waals surface area contributed by atoms with Crippen LogP contribution in [0.15, 0.2) is 114 Å². The van der Waals surface area contributed by atoms with Crippen LogP contribution in [0.3, 0.4) is 0 Å². The molecule has 15 heteroatoms. The molecule has 5 N–H and O–H groups in total. The molecule has 0 aliphatic heterocycles. The number of aliphatic hydroxyl groups is 1. The molecule has 60 heavy (non-hydrogen) atoms. The van der Waals surface area contributed by atoms with Crippen molar-refractivity contribution < 1.29 is 29.3 Å². The van der Waals surface area contributed by atoms with E-state index >= 15 is 0 Å². The van der Waals surface area contributed by atoms with Gasteiger partial charge in [0.2, 0.25) is 11.8 Å². The number of aliphatic hydroxyl groups excluding tert-OH is 1. The Morgan fingerprint density at radius 3 is 2.13 bits per heavy atom. The Morgan fingerprint density at radius 1 is 0.867 bits per heavy atom. The van der Waals surface area contributed by atoms with Gasteiger partial charge in [-0.25, -0.2) is 14.6 Å². The zero-order chi connectivity index (χ0) is 43.4. The molecule has 0 fully saturated rings. The summed E-state index contributed by atoms with van der Waals surface area (Å²) in [6.07, 6.45) is 3.24. The summed E-state index contributed by atoms with van der Waals surface area (Å²) in [5.41, 5.74) is 5.47. The molecular formula is C45H56N8O7. The van der Waals surface area contributed by atoms with Gasteiger partial charge in [0.15, 0.2) is 0 Å². The van der Waals surface area contributed by atoms with Gasteiger partial charge in [-0.15, -0.1) is 0 Å². The summed E-state index contributed by atoms with van der Waals surface area (Å²) in [6.45, 7) is 9.15. The second-order valence-corrected chi connectivity index (χ2v) is 16.0. The molecule has 0 spiro atoms. The van der Waals surface area contributed by atoms with Crippen LogP contribution in [0, 0.1) is 11.3 Å². The van der Waals surface area contributed by atoms with Crippen LogP contribution >= 0.6 is 0 Å². The Kier molecular flexibility index (Phi) is 15.4. The van der Waals surface area contributed by atoms with E-state index in [4.69, 9.17) is 4.74 Å². The zero-order valence-electron chi connectivity index (χ0n) is 35.0. The summed E-state index contributed by atoms with van der Waals surface area (Å²) in [6, 6.07) is 24.9. The quantitative estimate of drug-likeness (QED) is 0.0765. The van der Waals surface area contributed by atoms with E-state index in [2.05, 4.69) is 26.0 Å². The number of rotatable bonds is 18. The van der Waals surface area contributed by atoms with Crippen LogP contribution in [-0.4, -0.2) is 84.1 Å². The van der Waals surface area contributed by atoms with Crippen molar-refractivity contribution in [2.24, 2.45) is 11.3 Å². The molecule has 0 aliphatic carbocycles. The number of aromatic nitrogens is 4. The van der Waals surface area contributed by atoms with Gasteiger partial charge in [0.05, 0.1) is 43.4 Å². The molecule has 5 unspecified atom stereocenters. The SMILES string of the molecule is CCC(C)C(C(=O)NC(Cc1ccccc1)C(O)CN(Cc1ccc(-c2ccccn2)cc1)NC(=O)C(NC(=O)OC)C(C)(C)C)n1cc(O)n(Cc2ccccn2)c1=O. The Morgan fingerprint density at radius 2 is 1.53 bits per heavy atom. The van der Waals surface area contributed by atoms with E-state index in [1.54, 1.807) is 56.4 Å². The number of carbonyl (C=O) groups excluding carboxylic acids is 3. The number of pyridine rings is 2. The number of alkyl carbamates (subject to hydrolysis) is 1. The van der Waals surface area contributed by atoms with Crippen LogP contribution in [0.25, 0.3) is 11.3 Å². The molecule has 0 saturated heterocycles. The number of amides is 3. The Bertz CT molecular complexity index is 2210. The molecule has 0 saturated carbocycles. The molecule has 318 valence electrons. The summed E-state index contributed by atoms with van der Waals surface area (Å²) in [4.78, 5) is 63.4. The van der Waals surface area contributed by atoms with Gasteiger partial charge in [0, 0.05) is 31.0 Å². The average molecular weight is 821 g/mol. The number of nitrogens with zero attached hydrogens (tertiary/aromatic N) is 5. The van der Waals surface area contributed by atoms with Crippen LogP contribution in [0.5, 0.6) is 5.88 Å². The third-order valence-electron chi connectivity index (χ3n) is 10.4. The number of hydrazine groups is 1. The molecule has 5 atom stereocenters. The van der Waals surface area contributed by atoms with E-state index in [0.29, 0.717) is 12.1 Å². The van der Waals surface area contributed by atoms with Crippen molar-refractivity contribution in [2.45, 2.75) is 84.8 Å². The number of methoxy groups -OCH3 is 1. The lowest BCUT2D eigenvalue weighted by Gasteiger charge is -2.35. The van der Waals surface area contributed by atoms with E-state index in [-0.39, 0.29) is 37.9 Å². The molecule has 3 heterocycles. The zero-order valence-corrected chi connectivity index (χ0v) is 35.0. The first-order valence-corrected chi connectivity index (χ1v) is 20.0. The number of hydrogen-bond acceptors (Lipinski definition) is 10. The highest BCUT2D eigenvalue weighted by atomic mass is 16.5. The van der Waals surface area contributed by atoms with Gasteiger partial charge < -0.3 is 25.6 Å². The van der Waals surface area contributed by atoms with Crippen molar-refractivity contribution in [3.05, 3.63) is 137 Å². The number of nitrogens with one attached hydrogen (secondary N) is 3. The minimum atomic E-state index is -1.28. The first-order valence-electron chi connectivity index (χ1n) is 20.0. The van der Waals surface area contributed by atoms with E-state index in [9.17, 15) is 29.4 Å². The highest BCUT2D eigenvalue weighted by Gasteiger charge is 2.36. The monoisotopic (exact) mass is 820 g/mol. The standard InChI is InChI=1S/C45H56N8O7/c1-7-30(2)39(53-29-38(55)52(44(53)59)27-34-17-11-13-23-46-34)41(56)48-36(25-31-15-9-8-10-16-31)37(54)28-51(50-42(57)40(45(3,4)5)49-43(58)60-6)26-32-19-21-33(22-20-32)35-18-12-14-24-47-35/h8-24,29-30,36-37,39-40,54-55H,7,25-28H2,1-6H3,(H,48,56)(H,49,58)(H,50,57). The van der Waals surface area contributed by atoms with Crippen LogP contribution in [0.1, 0.15) is 63.9 Å². The van der Waals surface area contributed by atoms with Gasteiger partial charge in [0.25, 0.3) is 5.91 Å². The van der Waals surface area contributed by atoms with Crippen molar-refractivity contribution in [3.63, 3.8) is 0 Å². The molecule has 3 amide bonds. The lowest BCUT2D eigenvalue weighted by atomic mass is 9.86. The predicted molar refractivity (Wildman–Crippen MR) is 227 cm³/mol. The summed E-state index contributed by atoms with van der Waals surface area (Å²) in [5.74, 6) is -1.75. The Hall–Kier alpha value is -6.32. The van der Waals surface area contributed by atoms with E-state index in [0.717, 1.165) is 27.0 Å². The summed E-state index contributed by atoms with van der Waals surface area (Å²) in [5, 5.41) is 30.3. The van der Waals surface area contributed by atoms with Gasteiger partial charge in [-0.1, -0.05) is 108 Å². The van der Waals surface area contributed by atoms with Crippen LogP contribution in [0.2, 0.25) is 0 Å². The molecule has 2 aromatic carbocycles. The number of imidazole rings is 1. The predicted octanol–water partition coefficient (Wildman–Crippen LogP) is 4.84. The van der Waals surface area contributed by atoms with E-state index in [1.165, 1.54) is 17.9 Å². The topological polar surface area (TPSA) is 193 Å². The summed E-state index contributed by atoms with van der Waals surface area (Å²) < 4.78 is 7.20. The Balaban J connectivity index is 1.46. The molecule has 5 aromatic rings. The third kappa shape index (κ3) is 11.9. The number of hydrogen-bond donors (Lipinski definition) is 5. The fourth-order valence-corrected chi connectivity index (χ4v) is 6.90. The van der Waals surface area contributed by atoms with Gasteiger partial charge >= 0.3 is 11.8 Å². The van der Waals surface area contributed by atoms with Crippen LogP contribution in [-0.2, 0) is 33.8 Å². The maximum absolute atomic E-state index is 14.5. The Labute approximate surface area is 350 Å². The minimum Gasteiger partial charge on any atom is -0.493 e. The van der Waals surface area contributed by atoms with Gasteiger partial charge in [-0.05, 0) is 53.1 Å². The average Bonchev–Trinajstić information content (AvgIpc) is 3.50. The molecule has 3 aromatic heterocycles. The second-order valence-electron chi connectivity index (χ2n) is 16.0. The normalized spacial score (nSPS) is 14.1. The fourth-order valence-electron chi connectivity index (χ4n) is 6.90. The molecule has 0 bridgehead atoms. The highest BCUT2D eigenvalue weighted by molar-refractivity contribution is 5.86. The number of aromatic hydroxyl groups is 1. The van der Waals surface area contributed by atoms with Crippen molar-refractivity contribution in [1.29, 1.82) is 0 Å². The number of ether oxygens (including phenoxy) is 1. The van der Waals surface area contributed by atoms with Gasteiger partial charge in [0.1, 0.15) is 12.1 Å². The van der Waals surface area contributed by atoms with E-state index < -0.39 is 53.2 Å². The summed E-state index contributed by atoms with van der Waals surface area (Å²) in [7, 11) is 1.22. The fraction of sp³-hybridized carbons (Fsp3) is 0.378. The van der Waals surface area contributed by atoms with Gasteiger partial charge in [-0.3, -0.25) is 34.1 Å². The molecular weight excluding hydrogens is 765 g/mol. The molecule has 5 rings (SSSR count). The number of benzene rings is 2. The lowest BCUT2D eigenvalue weighted by molar-refractivity contribution is -0.132. The van der Waals surface area contributed by atoms with Crippen LogP contribution < -0.4 is 21.7 Å². The first-order chi connectivity index (χ1) is 28.7. The first kappa shape index (κ1) is 44.8. The number of carbonyl (C=O) groups is 3. The largest absolute Gasteiger partial charge is 0.493 e. The summed E-state index contributed by atoms with van der Waals surface area (Å²) >= 11 is 0. The lowest BCUT2D eigenvalue weighted by Crippen LogP contribution is -2.59. The van der Waals surface area contributed by atoms with Gasteiger partial charge in [-0.2, -0.15) is 0 Å². The minimum absolute atomic E-state index is 0.00133. The van der Waals surface area contributed by atoms with Crippen molar-refractivity contribution in [1.82, 2.24) is 40.2 Å².